The van der Waals surface area contributed by atoms with E-state index >= 15 is 0 Å². The van der Waals surface area contributed by atoms with E-state index in [-0.39, 0.29) is 0 Å². The van der Waals surface area contributed by atoms with Crippen LogP contribution in [0.1, 0.15) is 0 Å². The van der Waals surface area contributed by atoms with Crippen LogP contribution in [0.2, 0.25) is 0 Å². The lowest BCUT2D eigenvalue weighted by molar-refractivity contribution is 1.27. The highest BCUT2D eigenvalue weighted by Gasteiger charge is 2.26. The first kappa shape index (κ1) is 25.5. The van der Waals surface area contributed by atoms with Gasteiger partial charge in [-0.15, -0.1) is 0 Å². The molecule has 0 N–H and O–H groups in total. The highest BCUT2D eigenvalue weighted by atomic mass is 15.2. The SMILES string of the molecule is c1ccc(N(c2ccccc2)c2cc3ccccc3c3c4cccc5c6cc7c(cc6n(c23)c54)c2cccc3c4ccccc4n7c32)cc1. The lowest BCUT2D eigenvalue weighted by Crippen LogP contribution is -2.11. The monoisotopic (exact) mass is 621 g/mol. The molecule has 0 aliphatic carbocycles. The highest BCUT2D eigenvalue weighted by Crippen LogP contribution is 2.49. The van der Waals surface area contributed by atoms with Crippen LogP contribution in [0.25, 0.3) is 87.0 Å². The van der Waals surface area contributed by atoms with E-state index in [1.807, 2.05) is 0 Å². The van der Waals surface area contributed by atoms with E-state index in [1.165, 1.54) is 92.6 Å². The average molecular weight is 622 g/mol. The van der Waals surface area contributed by atoms with Crippen molar-refractivity contribution < 1.29 is 0 Å². The first-order chi connectivity index (χ1) is 24.3. The normalized spacial score (nSPS) is 12.5. The Balaban J connectivity index is 1.32. The second-order valence-corrected chi connectivity index (χ2v) is 13.3. The van der Waals surface area contributed by atoms with Crippen LogP contribution < -0.4 is 4.90 Å². The van der Waals surface area contributed by atoms with Crippen molar-refractivity contribution in [3.8, 4) is 0 Å². The fourth-order valence-corrected chi connectivity index (χ4v) is 8.99. The molecular weight excluding hydrogens is 595 g/mol. The third kappa shape index (κ3) is 3.13. The van der Waals surface area contributed by atoms with Gasteiger partial charge < -0.3 is 13.7 Å². The van der Waals surface area contributed by atoms with Gasteiger partial charge in [-0.3, -0.25) is 0 Å². The number of hydrogen-bond acceptors (Lipinski definition) is 1. The van der Waals surface area contributed by atoms with Crippen LogP contribution in [-0.2, 0) is 0 Å². The summed E-state index contributed by atoms with van der Waals surface area (Å²) in [5.41, 5.74) is 11.0. The molecule has 0 unspecified atom stereocenters. The molecule has 49 heavy (non-hydrogen) atoms. The van der Waals surface area contributed by atoms with Crippen molar-refractivity contribution >= 4 is 104 Å². The molecule has 0 aliphatic rings. The predicted octanol–water partition coefficient (Wildman–Crippen LogP) is 12.6. The van der Waals surface area contributed by atoms with E-state index in [0.717, 1.165) is 11.4 Å². The quantitative estimate of drug-likeness (QED) is 0.191. The van der Waals surface area contributed by atoms with Crippen molar-refractivity contribution in [2.75, 3.05) is 4.90 Å². The predicted molar refractivity (Wildman–Crippen MR) is 208 cm³/mol. The van der Waals surface area contributed by atoms with Gasteiger partial charge in [0.25, 0.3) is 0 Å². The topological polar surface area (TPSA) is 12.1 Å². The second kappa shape index (κ2) is 9.06. The van der Waals surface area contributed by atoms with Gasteiger partial charge in [-0.2, -0.15) is 0 Å². The summed E-state index contributed by atoms with van der Waals surface area (Å²) in [6.45, 7) is 0. The van der Waals surface area contributed by atoms with Crippen LogP contribution in [0.4, 0.5) is 17.1 Å². The van der Waals surface area contributed by atoms with Crippen LogP contribution in [0, 0.1) is 0 Å². The number of hydrogen-bond donors (Lipinski definition) is 0. The summed E-state index contributed by atoms with van der Waals surface area (Å²) in [7, 11) is 0. The van der Waals surface area contributed by atoms with Gasteiger partial charge in [-0.1, -0.05) is 115 Å². The van der Waals surface area contributed by atoms with E-state index in [0.29, 0.717) is 0 Å². The second-order valence-electron chi connectivity index (χ2n) is 13.3. The fourth-order valence-electron chi connectivity index (χ4n) is 8.99. The number of fused-ring (bicyclic) bond motifs is 14. The molecule has 0 saturated heterocycles. The van der Waals surface area contributed by atoms with Crippen LogP contribution >= 0.6 is 0 Å². The third-order valence-electron chi connectivity index (χ3n) is 10.9. The van der Waals surface area contributed by atoms with Crippen molar-refractivity contribution in [2.24, 2.45) is 0 Å². The maximum atomic E-state index is 2.57. The number of benzene rings is 8. The molecule has 0 bridgehead atoms. The number of para-hydroxylation sites is 5. The standard InChI is InChI=1S/C46H27N3/c1-3-14-29(15-4-1)47(30-16-5-2-6-17-30)42-25-28-13-7-8-18-31(28)43-36-23-12-22-35-38-26-40-37(27-41(38)49(45(35)36)46(42)43)34-21-11-20-33-32-19-9-10-24-39(32)48(40)44(33)34/h1-27H. The number of anilines is 3. The first-order valence-corrected chi connectivity index (χ1v) is 17.0. The molecule has 0 saturated carbocycles. The van der Waals surface area contributed by atoms with E-state index in [4.69, 9.17) is 0 Å². The number of nitrogens with zero attached hydrogens (tertiary/aromatic N) is 3. The average Bonchev–Trinajstić information content (AvgIpc) is 3.89. The minimum Gasteiger partial charge on any atom is -0.308 e. The maximum Gasteiger partial charge on any atom is 0.0789 e. The zero-order valence-electron chi connectivity index (χ0n) is 26.4. The molecule has 0 atom stereocenters. The summed E-state index contributed by atoms with van der Waals surface area (Å²) in [4.78, 5) is 2.43. The minimum absolute atomic E-state index is 1.13. The van der Waals surface area contributed by atoms with Crippen LogP contribution in [0.3, 0.4) is 0 Å². The molecule has 0 amide bonds. The van der Waals surface area contributed by atoms with Gasteiger partial charge in [0.15, 0.2) is 0 Å². The molecule has 4 heterocycles. The van der Waals surface area contributed by atoms with E-state index in [2.05, 4.69) is 177 Å². The van der Waals surface area contributed by atoms with Gasteiger partial charge in [-0.25, -0.2) is 0 Å². The van der Waals surface area contributed by atoms with Crippen molar-refractivity contribution in [2.45, 2.75) is 0 Å². The fraction of sp³-hybridized carbons (Fsp3) is 0. The van der Waals surface area contributed by atoms with Gasteiger partial charge in [0.05, 0.1) is 38.8 Å². The molecule has 0 spiro atoms. The van der Waals surface area contributed by atoms with Crippen LogP contribution in [-0.4, -0.2) is 8.80 Å². The summed E-state index contributed by atoms with van der Waals surface area (Å²) >= 11 is 0. The Morgan fingerprint density at radius 3 is 1.53 bits per heavy atom. The van der Waals surface area contributed by atoms with E-state index < -0.39 is 0 Å². The van der Waals surface area contributed by atoms with Crippen molar-refractivity contribution in [3.63, 3.8) is 0 Å². The Morgan fingerprint density at radius 2 is 0.837 bits per heavy atom. The molecule has 0 aliphatic heterocycles. The largest absolute Gasteiger partial charge is 0.308 e. The molecule has 0 radical (unpaired) electrons. The van der Waals surface area contributed by atoms with Gasteiger partial charge in [0.2, 0.25) is 0 Å². The lowest BCUT2D eigenvalue weighted by Gasteiger charge is -2.27. The van der Waals surface area contributed by atoms with E-state index in [9.17, 15) is 0 Å². The zero-order valence-corrected chi connectivity index (χ0v) is 26.4. The lowest BCUT2D eigenvalue weighted by atomic mass is 10.00. The number of rotatable bonds is 3. The molecule has 12 rings (SSSR count). The summed E-state index contributed by atoms with van der Waals surface area (Å²) in [6.07, 6.45) is 0. The summed E-state index contributed by atoms with van der Waals surface area (Å²) in [5.74, 6) is 0. The molecule has 12 aromatic rings. The molecular formula is C46H27N3. The van der Waals surface area contributed by atoms with Crippen molar-refractivity contribution in [1.82, 2.24) is 8.80 Å². The summed E-state index contributed by atoms with van der Waals surface area (Å²) in [5, 5.41) is 12.9. The van der Waals surface area contributed by atoms with Crippen LogP contribution in [0.5, 0.6) is 0 Å². The molecule has 226 valence electrons. The molecule has 0 fully saturated rings. The minimum atomic E-state index is 1.13. The molecule has 3 nitrogen and oxygen atoms in total. The molecule has 8 aromatic carbocycles. The number of aromatic nitrogens is 2. The molecule has 3 heteroatoms. The Hall–Kier alpha value is -6.58. The Bertz CT molecular complexity index is 3220. The Labute approximate surface area is 280 Å². The first-order valence-electron chi connectivity index (χ1n) is 17.0. The third-order valence-corrected chi connectivity index (χ3v) is 10.9. The zero-order chi connectivity index (χ0) is 31.8. The summed E-state index contributed by atoms with van der Waals surface area (Å²) < 4.78 is 5.06. The Morgan fingerprint density at radius 1 is 0.327 bits per heavy atom. The highest BCUT2D eigenvalue weighted by molar-refractivity contribution is 6.33. The molecule has 4 aromatic heterocycles. The summed E-state index contributed by atoms with van der Waals surface area (Å²) in [6, 6.07) is 60.3. The van der Waals surface area contributed by atoms with Crippen molar-refractivity contribution in [1.29, 1.82) is 0 Å². The van der Waals surface area contributed by atoms with Crippen LogP contribution in [0.15, 0.2) is 164 Å². The van der Waals surface area contributed by atoms with Crippen molar-refractivity contribution in [3.05, 3.63) is 164 Å². The maximum absolute atomic E-state index is 2.57. The van der Waals surface area contributed by atoms with Gasteiger partial charge in [-0.05, 0) is 59.3 Å². The van der Waals surface area contributed by atoms with E-state index in [1.54, 1.807) is 0 Å². The Kier molecular flexibility index (Phi) is 4.72. The van der Waals surface area contributed by atoms with Gasteiger partial charge >= 0.3 is 0 Å². The van der Waals surface area contributed by atoms with Gasteiger partial charge in [0.1, 0.15) is 0 Å². The van der Waals surface area contributed by atoms with Gasteiger partial charge in [0, 0.05) is 54.5 Å². The smallest absolute Gasteiger partial charge is 0.0789 e.